The smallest absolute Gasteiger partial charge is 0.125 e. The van der Waals surface area contributed by atoms with Gasteiger partial charge in [0.15, 0.2) is 0 Å². The third-order valence-electron chi connectivity index (χ3n) is 4.55. The van der Waals surface area contributed by atoms with E-state index in [1.807, 2.05) is 13.1 Å². The fourth-order valence-electron chi connectivity index (χ4n) is 3.35. The fourth-order valence-corrected chi connectivity index (χ4v) is 3.35. The number of para-hydroxylation sites is 1. The van der Waals surface area contributed by atoms with Gasteiger partial charge < -0.3 is 4.98 Å². The van der Waals surface area contributed by atoms with E-state index < -0.39 is 0 Å². The second kappa shape index (κ2) is 5.21. The Morgan fingerprint density at radius 3 is 3.00 bits per heavy atom. The van der Waals surface area contributed by atoms with Crippen LogP contribution in [0, 0.1) is 13.8 Å². The topological polar surface area (TPSA) is 44.8 Å². The summed E-state index contributed by atoms with van der Waals surface area (Å²) >= 11 is 0. The predicted octanol–water partition coefficient (Wildman–Crippen LogP) is 3.13. The van der Waals surface area contributed by atoms with Crippen LogP contribution in [-0.2, 0) is 19.5 Å². The molecule has 22 heavy (non-hydrogen) atoms. The van der Waals surface area contributed by atoms with Gasteiger partial charge in [0.25, 0.3) is 0 Å². The molecule has 0 saturated carbocycles. The summed E-state index contributed by atoms with van der Waals surface area (Å²) in [7, 11) is 0. The number of aryl methyl sites for hydroxylation is 2. The van der Waals surface area contributed by atoms with E-state index in [1.54, 1.807) is 0 Å². The van der Waals surface area contributed by atoms with Crippen LogP contribution in [0.1, 0.15) is 28.3 Å². The molecular formula is C18H20N4. The van der Waals surface area contributed by atoms with Gasteiger partial charge in [-0.25, -0.2) is 9.97 Å². The summed E-state index contributed by atoms with van der Waals surface area (Å²) in [5, 5.41) is 1.34. The van der Waals surface area contributed by atoms with Crippen molar-refractivity contribution in [3.63, 3.8) is 0 Å². The monoisotopic (exact) mass is 292 g/mol. The van der Waals surface area contributed by atoms with E-state index in [-0.39, 0.29) is 0 Å². The Bertz CT molecular complexity index is 834. The van der Waals surface area contributed by atoms with Crippen molar-refractivity contribution in [2.24, 2.45) is 0 Å². The molecule has 0 saturated heterocycles. The van der Waals surface area contributed by atoms with E-state index in [0.717, 1.165) is 31.9 Å². The largest absolute Gasteiger partial charge is 0.358 e. The van der Waals surface area contributed by atoms with Crippen LogP contribution >= 0.6 is 0 Å². The van der Waals surface area contributed by atoms with Crippen molar-refractivity contribution in [1.29, 1.82) is 0 Å². The third kappa shape index (κ3) is 2.29. The van der Waals surface area contributed by atoms with Gasteiger partial charge in [0.05, 0.1) is 5.69 Å². The zero-order chi connectivity index (χ0) is 15.1. The number of hydrogen-bond donors (Lipinski definition) is 1. The minimum Gasteiger partial charge on any atom is -0.358 e. The summed E-state index contributed by atoms with van der Waals surface area (Å²) < 4.78 is 0. The number of aromatic nitrogens is 3. The molecule has 2 aromatic heterocycles. The van der Waals surface area contributed by atoms with Crippen LogP contribution in [-0.4, -0.2) is 26.4 Å². The highest BCUT2D eigenvalue weighted by Crippen LogP contribution is 2.25. The highest BCUT2D eigenvalue weighted by Gasteiger charge is 2.20. The van der Waals surface area contributed by atoms with Crippen LogP contribution in [0.5, 0.6) is 0 Å². The molecule has 0 fully saturated rings. The summed E-state index contributed by atoms with van der Waals surface area (Å²) in [6.07, 6.45) is 3.03. The molecule has 112 valence electrons. The number of benzene rings is 1. The quantitative estimate of drug-likeness (QED) is 0.789. The van der Waals surface area contributed by atoms with Crippen molar-refractivity contribution in [2.45, 2.75) is 33.4 Å². The average molecular weight is 292 g/mol. The second-order valence-corrected chi connectivity index (χ2v) is 6.12. The van der Waals surface area contributed by atoms with Crippen LogP contribution in [0.4, 0.5) is 0 Å². The van der Waals surface area contributed by atoms with Crippen LogP contribution in [0.15, 0.2) is 30.5 Å². The summed E-state index contributed by atoms with van der Waals surface area (Å²) in [6, 6.07) is 8.55. The third-order valence-corrected chi connectivity index (χ3v) is 4.55. The van der Waals surface area contributed by atoms with Gasteiger partial charge in [-0.05, 0) is 37.5 Å². The number of H-pyrrole nitrogens is 1. The Morgan fingerprint density at radius 2 is 2.09 bits per heavy atom. The number of hydrogen-bond acceptors (Lipinski definition) is 3. The van der Waals surface area contributed by atoms with Gasteiger partial charge >= 0.3 is 0 Å². The Labute approximate surface area is 130 Å². The Hall–Kier alpha value is -2.20. The van der Waals surface area contributed by atoms with E-state index >= 15 is 0 Å². The molecule has 0 spiro atoms. The molecule has 3 aromatic rings. The zero-order valence-electron chi connectivity index (χ0n) is 13.1. The predicted molar refractivity (Wildman–Crippen MR) is 87.6 cm³/mol. The Morgan fingerprint density at radius 1 is 1.23 bits per heavy atom. The first kappa shape index (κ1) is 13.5. The minimum atomic E-state index is 0.865. The van der Waals surface area contributed by atoms with Crippen molar-refractivity contribution in [1.82, 2.24) is 19.9 Å². The molecule has 0 bridgehead atoms. The minimum absolute atomic E-state index is 0.865. The Balaban J connectivity index is 1.63. The maximum absolute atomic E-state index is 4.62. The number of nitrogens with one attached hydrogen (secondary N) is 1. The van der Waals surface area contributed by atoms with Crippen LogP contribution in [0.3, 0.4) is 0 Å². The molecule has 4 rings (SSSR count). The lowest BCUT2D eigenvalue weighted by atomic mass is 10.0. The van der Waals surface area contributed by atoms with E-state index in [0.29, 0.717) is 0 Å². The van der Waals surface area contributed by atoms with Crippen LogP contribution in [0.25, 0.3) is 10.9 Å². The fraction of sp³-hybridized carbons (Fsp3) is 0.333. The van der Waals surface area contributed by atoms with Crippen LogP contribution in [0.2, 0.25) is 0 Å². The van der Waals surface area contributed by atoms with Gasteiger partial charge in [-0.15, -0.1) is 0 Å². The highest BCUT2D eigenvalue weighted by atomic mass is 15.1. The first-order chi connectivity index (χ1) is 10.7. The van der Waals surface area contributed by atoms with Crippen molar-refractivity contribution < 1.29 is 0 Å². The molecule has 3 heterocycles. The average Bonchev–Trinajstić information content (AvgIpc) is 2.83. The van der Waals surface area contributed by atoms with Crippen molar-refractivity contribution >= 4 is 10.9 Å². The van der Waals surface area contributed by atoms with Gasteiger partial charge in [-0.1, -0.05) is 18.2 Å². The second-order valence-electron chi connectivity index (χ2n) is 6.12. The maximum Gasteiger partial charge on any atom is 0.125 e. The number of rotatable bonds is 2. The molecule has 1 aromatic carbocycles. The number of fused-ring (bicyclic) bond motifs is 2. The molecule has 0 aliphatic carbocycles. The van der Waals surface area contributed by atoms with E-state index in [9.17, 15) is 0 Å². The van der Waals surface area contributed by atoms with Gasteiger partial charge in [0, 0.05) is 42.4 Å². The van der Waals surface area contributed by atoms with E-state index in [2.05, 4.69) is 51.0 Å². The molecule has 0 unspecified atom stereocenters. The van der Waals surface area contributed by atoms with E-state index in [1.165, 1.54) is 33.4 Å². The number of aromatic amines is 1. The van der Waals surface area contributed by atoms with Crippen molar-refractivity contribution in [3.05, 3.63) is 58.8 Å². The summed E-state index contributed by atoms with van der Waals surface area (Å²) in [5.41, 5.74) is 6.40. The van der Waals surface area contributed by atoms with E-state index in [4.69, 9.17) is 0 Å². The highest BCUT2D eigenvalue weighted by molar-refractivity contribution is 5.84. The standard InChI is InChI=1S/C18H20N4/c1-12-16(15-5-3-4-6-17(15)20-12)10-22-8-7-14-9-19-13(2)21-18(14)11-22/h3-6,9,20H,7-8,10-11H2,1-2H3. The molecule has 4 heteroatoms. The molecular weight excluding hydrogens is 272 g/mol. The first-order valence-electron chi connectivity index (χ1n) is 7.80. The Kier molecular flexibility index (Phi) is 3.19. The molecule has 0 radical (unpaired) electrons. The lowest BCUT2D eigenvalue weighted by Crippen LogP contribution is -2.31. The molecule has 1 aliphatic heterocycles. The SMILES string of the molecule is Cc1ncc2c(n1)CN(Cc1c(C)[nH]c3ccccc13)CC2. The van der Waals surface area contributed by atoms with Crippen LogP contribution < -0.4 is 0 Å². The first-order valence-corrected chi connectivity index (χ1v) is 7.80. The summed E-state index contributed by atoms with van der Waals surface area (Å²) in [5.74, 6) is 0.865. The molecule has 4 nitrogen and oxygen atoms in total. The normalized spacial score (nSPS) is 15.2. The molecule has 1 aliphatic rings. The molecule has 0 atom stereocenters. The lowest BCUT2D eigenvalue weighted by molar-refractivity contribution is 0.241. The van der Waals surface area contributed by atoms with Gasteiger partial charge in [0.2, 0.25) is 0 Å². The zero-order valence-corrected chi connectivity index (χ0v) is 13.1. The van der Waals surface area contributed by atoms with Gasteiger partial charge in [0.1, 0.15) is 5.82 Å². The van der Waals surface area contributed by atoms with Crippen molar-refractivity contribution in [2.75, 3.05) is 6.54 Å². The van der Waals surface area contributed by atoms with Gasteiger partial charge in [-0.2, -0.15) is 0 Å². The molecule has 1 N–H and O–H groups in total. The maximum atomic E-state index is 4.62. The number of nitrogens with zero attached hydrogens (tertiary/aromatic N) is 3. The summed E-state index contributed by atoms with van der Waals surface area (Å²) in [6.45, 7) is 7.08. The molecule has 0 amide bonds. The van der Waals surface area contributed by atoms with Crippen molar-refractivity contribution in [3.8, 4) is 0 Å². The lowest BCUT2D eigenvalue weighted by Gasteiger charge is -2.28. The van der Waals surface area contributed by atoms with Gasteiger partial charge in [-0.3, -0.25) is 4.90 Å². The summed E-state index contributed by atoms with van der Waals surface area (Å²) in [4.78, 5) is 14.9.